The summed E-state index contributed by atoms with van der Waals surface area (Å²) in [6.07, 6.45) is -0.601. The molecular weight excluding hydrogens is 494 g/mol. The molecule has 8 nitrogen and oxygen atoms in total. The first-order valence-corrected chi connectivity index (χ1v) is 11.7. The van der Waals surface area contributed by atoms with Gasteiger partial charge in [-0.3, -0.25) is 4.79 Å². The van der Waals surface area contributed by atoms with Crippen LogP contribution < -0.4 is 20.8 Å². The minimum absolute atomic E-state index is 0.0819. The summed E-state index contributed by atoms with van der Waals surface area (Å²) < 4.78 is 38.4. The first-order valence-electron chi connectivity index (χ1n) is 11.4. The van der Waals surface area contributed by atoms with Crippen molar-refractivity contribution < 1.29 is 32.8 Å². The standard InChI is InChI=1S/C25H25ClF2N4O4/c1-13-22(29)19(23(30-2)14-8-15(27)10-16(28)9-14)6-7-32(13)24(33)18-4-3-5-20(21(18)26)35-12-17-11-31-25(34)36-17/h3-5,8-10,13,17H,6-7,11-12,29H2,1-2H3,(H,31,34)/p+1/t13-,17?/m0/s1. The molecule has 11 heteroatoms. The Morgan fingerprint density at radius 2 is 2.03 bits per heavy atom. The molecule has 1 fully saturated rings. The molecule has 0 spiro atoms. The van der Waals surface area contributed by atoms with Crippen molar-refractivity contribution in [3.05, 3.63) is 75.5 Å². The van der Waals surface area contributed by atoms with Crippen molar-refractivity contribution in [2.75, 3.05) is 26.7 Å². The number of hydrogen-bond donors (Lipinski definition) is 3. The Morgan fingerprint density at radius 1 is 1.31 bits per heavy atom. The minimum atomic E-state index is -0.698. The van der Waals surface area contributed by atoms with Crippen LogP contribution in [-0.4, -0.2) is 61.5 Å². The van der Waals surface area contributed by atoms with E-state index < -0.39 is 29.9 Å². The molecule has 2 aromatic rings. The van der Waals surface area contributed by atoms with E-state index in [1.807, 2.05) is 0 Å². The molecule has 2 heterocycles. The van der Waals surface area contributed by atoms with E-state index in [4.69, 9.17) is 26.8 Å². The highest BCUT2D eigenvalue weighted by Crippen LogP contribution is 2.32. The number of rotatable bonds is 6. The van der Waals surface area contributed by atoms with Crippen molar-refractivity contribution in [1.82, 2.24) is 10.2 Å². The number of nitrogens with one attached hydrogen (secondary N) is 2. The first-order chi connectivity index (χ1) is 17.2. The van der Waals surface area contributed by atoms with Gasteiger partial charge >= 0.3 is 6.09 Å². The molecule has 0 bridgehead atoms. The number of ether oxygens (including phenoxy) is 2. The number of carbonyl (C=O) groups excluding carboxylic acids is 2. The van der Waals surface area contributed by atoms with Gasteiger partial charge in [-0.05, 0) is 37.6 Å². The molecular formula is C25H26ClF2N4O4+. The van der Waals surface area contributed by atoms with Crippen molar-refractivity contribution in [1.29, 1.82) is 0 Å². The molecule has 2 aliphatic rings. The van der Waals surface area contributed by atoms with Gasteiger partial charge in [0.25, 0.3) is 5.91 Å². The van der Waals surface area contributed by atoms with Crippen LogP contribution in [0.1, 0.15) is 29.3 Å². The van der Waals surface area contributed by atoms with E-state index in [2.05, 4.69) is 10.3 Å². The molecule has 0 aromatic heterocycles. The van der Waals surface area contributed by atoms with Crippen LogP contribution >= 0.6 is 11.6 Å². The van der Waals surface area contributed by atoms with Gasteiger partial charge in [0.2, 0.25) is 5.71 Å². The molecule has 0 radical (unpaired) electrons. The third kappa shape index (κ3) is 5.13. The molecule has 2 amide bonds. The normalized spacial score (nSPS) is 20.3. The molecule has 4 rings (SSSR count). The van der Waals surface area contributed by atoms with Gasteiger partial charge < -0.3 is 25.4 Å². The summed E-state index contributed by atoms with van der Waals surface area (Å²) in [5.74, 6) is -1.44. The van der Waals surface area contributed by atoms with Crippen molar-refractivity contribution in [2.24, 2.45) is 5.73 Å². The summed E-state index contributed by atoms with van der Waals surface area (Å²) in [6, 6.07) is 7.62. The lowest BCUT2D eigenvalue weighted by Crippen LogP contribution is -2.69. The second kappa shape index (κ2) is 10.5. The Bertz CT molecular complexity index is 1250. The van der Waals surface area contributed by atoms with Crippen LogP contribution in [0.2, 0.25) is 5.02 Å². The molecule has 190 valence electrons. The largest absolute Gasteiger partial charge is 0.488 e. The van der Waals surface area contributed by atoms with Gasteiger partial charge in [-0.25, -0.2) is 18.6 Å². The van der Waals surface area contributed by atoms with Crippen LogP contribution in [0, 0.1) is 11.6 Å². The maximum Gasteiger partial charge on any atom is 0.407 e. The fraction of sp³-hybridized carbons (Fsp3) is 0.320. The topological polar surface area (TPSA) is 108 Å². The third-order valence-electron chi connectivity index (χ3n) is 6.20. The summed E-state index contributed by atoms with van der Waals surface area (Å²) in [4.78, 5) is 29.2. The average Bonchev–Trinajstić information content (AvgIpc) is 3.25. The van der Waals surface area contributed by atoms with Gasteiger partial charge in [0, 0.05) is 23.9 Å². The number of alkyl carbamates (subject to hydrolysis) is 1. The molecule has 36 heavy (non-hydrogen) atoms. The molecule has 0 aliphatic carbocycles. The average molecular weight is 520 g/mol. The number of halogens is 3. The van der Waals surface area contributed by atoms with Gasteiger partial charge in [0.1, 0.15) is 31.0 Å². The van der Waals surface area contributed by atoms with Crippen LogP contribution in [0.4, 0.5) is 13.6 Å². The quantitative estimate of drug-likeness (QED) is 0.504. The van der Waals surface area contributed by atoms with Crippen LogP contribution in [0.25, 0.3) is 0 Å². The molecule has 2 atom stereocenters. The summed E-state index contributed by atoms with van der Waals surface area (Å²) in [5, 5.41) is 2.68. The SMILES string of the molecule is C[NH+]=C(C1=C(N)[C@H](C)N(C(=O)c2cccc(OCC3CNC(=O)O3)c2Cl)CC1)c1cc(F)cc(F)c1. The van der Waals surface area contributed by atoms with Crippen molar-refractivity contribution in [3.8, 4) is 5.75 Å². The maximum absolute atomic E-state index is 13.8. The Kier molecular flexibility index (Phi) is 7.44. The fourth-order valence-electron chi connectivity index (χ4n) is 4.35. The zero-order chi connectivity index (χ0) is 26.0. The fourth-order valence-corrected chi connectivity index (χ4v) is 4.62. The van der Waals surface area contributed by atoms with E-state index in [0.717, 1.165) is 6.07 Å². The summed E-state index contributed by atoms with van der Waals surface area (Å²) >= 11 is 6.51. The summed E-state index contributed by atoms with van der Waals surface area (Å²) in [6.45, 7) is 2.49. The number of cyclic esters (lactones) is 1. The summed E-state index contributed by atoms with van der Waals surface area (Å²) in [7, 11) is 1.65. The predicted octanol–water partition coefficient (Wildman–Crippen LogP) is 1.75. The van der Waals surface area contributed by atoms with E-state index in [9.17, 15) is 18.4 Å². The number of benzene rings is 2. The van der Waals surface area contributed by atoms with Gasteiger partial charge in [-0.15, -0.1) is 0 Å². The lowest BCUT2D eigenvalue weighted by molar-refractivity contribution is -0.418. The van der Waals surface area contributed by atoms with Gasteiger partial charge in [0.15, 0.2) is 6.10 Å². The third-order valence-corrected chi connectivity index (χ3v) is 6.59. The van der Waals surface area contributed by atoms with Gasteiger partial charge in [-0.1, -0.05) is 17.7 Å². The second-order valence-corrected chi connectivity index (χ2v) is 8.86. The van der Waals surface area contributed by atoms with Gasteiger partial charge in [0.05, 0.1) is 28.7 Å². The van der Waals surface area contributed by atoms with Crippen LogP contribution in [-0.2, 0) is 4.74 Å². The van der Waals surface area contributed by atoms with Crippen molar-refractivity contribution >= 4 is 29.3 Å². The van der Waals surface area contributed by atoms with Crippen molar-refractivity contribution in [2.45, 2.75) is 25.5 Å². The Hall–Kier alpha value is -3.66. The molecule has 2 aromatic carbocycles. The van der Waals surface area contributed by atoms with Gasteiger partial charge in [-0.2, -0.15) is 0 Å². The summed E-state index contributed by atoms with van der Waals surface area (Å²) in [5.41, 5.74) is 8.61. The molecule has 1 saturated heterocycles. The Balaban J connectivity index is 1.54. The van der Waals surface area contributed by atoms with Crippen LogP contribution in [0.3, 0.4) is 0 Å². The number of hydrogen-bond acceptors (Lipinski definition) is 5. The molecule has 2 aliphatic heterocycles. The lowest BCUT2D eigenvalue weighted by Gasteiger charge is -2.35. The molecule has 4 N–H and O–H groups in total. The van der Waals surface area contributed by atoms with E-state index in [1.54, 1.807) is 37.1 Å². The Labute approximate surface area is 211 Å². The first kappa shape index (κ1) is 25.4. The number of nitrogens with zero attached hydrogens (tertiary/aromatic N) is 1. The molecule has 0 saturated carbocycles. The predicted molar refractivity (Wildman–Crippen MR) is 129 cm³/mol. The van der Waals surface area contributed by atoms with Crippen LogP contribution in [0.15, 0.2) is 47.7 Å². The highest BCUT2D eigenvalue weighted by atomic mass is 35.5. The zero-order valence-corrected chi connectivity index (χ0v) is 20.5. The zero-order valence-electron chi connectivity index (χ0n) is 19.7. The van der Waals surface area contributed by atoms with Crippen LogP contribution in [0.5, 0.6) is 5.75 Å². The highest BCUT2D eigenvalue weighted by Gasteiger charge is 2.34. The second-order valence-electron chi connectivity index (χ2n) is 8.48. The molecule has 1 unspecified atom stereocenters. The van der Waals surface area contributed by atoms with E-state index in [0.29, 0.717) is 47.8 Å². The van der Waals surface area contributed by atoms with E-state index in [-0.39, 0.29) is 23.1 Å². The number of amides is 2. The maximum atomic E-state index is 13.8. The van der Waals surface area contributed by atoms with E-state index in [1.165, 1.54) is 12.1 Å². The van der Waals surface area contributed by atoms with E-state index >= 15 is 0 Å². The highest BCUT2D eigenvalue weighted by molar-refractivity contribution is 6.35. The lowest BCUT2D eigenvalue weighted by atomic mass is 9.91. The number of nitrogens with two attached hydrogens (primary N) is 1. The Morgan fingerprint density at radius 3 is 2.67 bits per heavy atom. The monoisotopic (exact) mass is 519 g/mol. The van der Waals surface area contributed by atoms with Crippen molar-refractivity contribution in [3.63, 3.8) is 0 Å². The smallest absolute Gasteiger partial charge is 0.407 e. The minimum Gasteiger partial charge on any atom is -0.488 e. The number of carbonyl (C=O) groups is 2.